The first-order valence-corrected chi connectivity index (χ1v) is 4.00. The standard InChI is InChI=1S/C8H13N3O2/c1-11-5-6(3-4-9)7(10-11)8(12)13-2/h5H,3-4,9H2,1-2H3. The quantitative estimate of drug-likeness (QED) is 0.653. The zero-order valence-corrected chi connectivity index (χ0v) is 7.78. The van der Waals surface area contributed by atoms with Gasteiger partial charge in [0.25, 0.3) is 0 Å². The van der Waals surface area contributed by atoms with E-state index in [-0.39, 0.29) is 0 Å². The van der Waals surface area contributed by atoms with Crippen LogP contribution in [0.25, 0.3) is 0 Å². The highest BCUT2D eigenvalue weighted by molar-refractivity contribution is 5.88. The lowest BCUT2D eigenvalue weighted by atomic mass is 10.2. The van der Waals surface area contributed by atoms with Gasteiger partial charge < -0.3 is 10.5 Å². The van der Waals surface area contributed by atoms with Gasteiger partial charge in [0.1, 0.15) is 0 Å². The molecule has 1 aromatic heterocycles. The second-order valence-corrected chi connectivity index (χ2v) is 2.71. The maximum absolute atomic E-state index is 11.2. The molecule has 0 aliphatic carbocycles. The minimum absolute atomic E-state index is 0.357. The minimum Gasteiger partial charge on any atom is -0.464 e. The number of carbonyl (C=O) groups is 1. The highest BCUT2D eigenvalue weighted by Gasteiger charge is 2.15. The highest BCUT2D eigenvalue weighted by Crippen LogP contribution is 2.07. The van der Waals surface area contributed by atoms with Gasteiger partial charge >= 0.3 is 5.97 Å². The smallest absolute Gasteiger partial charge is 0.358 e. The molecule has 2 N–H and O–H groups in total. The maximum atomic E-state index is 11.2. The lowest BCUT2D eigenvalue weighted by molar-refractivity contribution is 0.0592. The fourth-order valence-corrected chi connectivity index (χ4v) is 1.14. The second-order valence-electron chi connectivity index (χ2n) is 2.71. The number of ether oxygens (including phenoxy) is 1. The van der Waals surface area contributed by atoms with Gasteiger partial charge in [-0.1, -0.05) is 0 Å². The molecule has 0 atom stereocenters. The monoisotopic (exact) mass is 183 g/mol. The molecule has 13 heavy (non-hydrogen) atoms. The Kier molecular flexibility index (Phi) is 3.02. The summed E-state index contributed by atoms with van der Waals surface area (Å²) < 4.78 is 6.16. The van der Waals surface area contributed by atoms with E-state index in [1.165, 1.54) is 7.11 Å². The van der Waals surface area contributed by atoms with E-state index in [0.29, 0.717) is 18.7 Å². The number of aryl methyl sites for hydroxylation is 1. The van der Waals surface area contributed by atoms with Gasteiger partial charge in [0, 0.05) is 18.8 Å². The molecule has 1 heterocycles. The summed E-state index contributed by atoms with van der Waals surface area (Å²) in [7, 11) is 3.09. The van der Waals surface area contributed by atoms with Gasteiger partial charge in [-0.2, -0.15) is 5.10 Å². The van der Waals surface area contributed by atoms with Crippen LogP contribution in [0.2, 0.25) is 0 Å². The average Bonchev–Trinajstić information content (AvgIpc) is 2.46. The summed E-state index contributed by atoms with van der Waals surface area (Å²) in [5.74, 6) is -0.413. The lowest BCUT2D eigenvalue weighted by Gasteiger charge is -1.97. The SMILES string of the molecule is COC(=O)c1nn(C)cc1CCN. The summed E-state index contributed by atoms with van der Waals surface area (Å²) in [5.41, 5.74) is 6.58. The summed E-state index contributed by atoms with van der Waals surface area (Å²) in [6.45, 7) is 0.496. The predicted molar refractivity (Wildman–Crippen MR) is 47.3 cm³/mol. The first-order chi connectivity index (χ1) is 6.19. The van der Waals surface area contributed by atoms with Crippen LogP contribution in [0, 0.1) is 0 Å². The molecule has 0 saturated heterocycles. The van der Waals surface area contributed by atoms with Gasteiger partial charge in [-0.25, -0.2) is 4.79 Å². The highest BCUT2D eigenvalue weighted by atomic mass is 16.5. The third kappa shape index (κ3) is 2.06. The number of esters is 1. The Labute approximate surface area is 76.5 Å². The molecular formula is C8H13N3O2. The molecule has 72 valence electrons. The van der Waals surface area contributed by atoms with E-state index >= 15 is 0 Å². The van der Waals surface area contributed by atoms with Gasteiger partial charge in [-0.05, 0) is 13.0 Å². The molecule has 0 aromatic carbocycles. The third-order valence-electron chi connectivity index (χ3n) is 1.70. The van der Waals surface area contributed by atoms with E-state index in [1.54, 1.807) is 17.9 Å². The number of methoxy groups -OCH3 is 1. The molecule has 5 heteroatoms. The van der Waals surface area contributed by atoms with Crippen molar-refractivity contribution in [3.05, 3.63) is 17.5 Å². The minimum atomic E-state index is -0.413. The maximum Gasteiger partial charge on any atom is 0.358 e. The molecule has 0 unspecified atom stereocenters. The van der Waals surface area contributed by atoms with Crippen molar-refractivity contribution >= 4 is 5.97 Å². The van der Waals surface area contributed by atoms with E-state index in [2.05, 4.69) is 9.84 Å². The van der Waals surface area contributed by atoms with Crippen molar-refractivity contribution in [3.63, 3.8) is 0 Å². The third-order valence-corrected chi connectivity index (χ3v) is 1.70. The first-order valence-electron chi connectivity index (χ1n) is 4.00. The van der Waals surface area contributed by atoms with Crippen molar-refractivity contribution in [1.29, 1.82) is 0 Å². The van der Waals surface area contributed by atoms with Gasteiger partial charge in [0.15, 0.2) is 5.69 Å². The van der Waals surface area contributed by atoms with Gasteiger partial charge in [-0.15, -0.1) is 0 Å². The lowest BCUT2D eigenvalue weighted by Crippen LogP contribution is -2.09. The molecule has 0 radical (unpaired) electrons. The normalized spacial score (nSPS) is 10.1. The molecule has 1 aromatic rings. The number of rotatable bonds is 3. The Bertz CT molecular complexity index is 306. The van der Waals surface area contributed by atoms with Crippen LogP contribution in [-0.4, -0.2) is 29.4 Å². The van der Waals surface area contributed by atoms with Crippen LogP contribution < -0.4 is 5.73 Å². The summed E-state index contributed by atoms with van der Waals surface area (Å²) in [6, 6.07) is 0. The van der Waals surface area contributed by atoms with E-state index < -0.39 is 5.97 Å². The molecule has 0 aliphatic heterocycles. The Morgan fingerprint density at radius 2 is 2.46 bits per heavy atom. The van der Waals surface area contributed by atoms with E-state index in [9.17, 15) is 4.79 Å². The molecule has 0 amide bonds. The van der Waals surface area contributed by atoms with Crippen LogP contribution in [0.3, 0.4) is 0 Å². The van der Waals surface area contributed by atoms with Crippen LogP contribution in [-0.2, 0) is 18.2 Å². The fourth-order valence-electron chi connectivity index (χ4n) is 1.14. The number of aromatic nitrogens is 2. The van der Waals surface area contributed by atoms with E-state index in [1.807, 2.05) is 0 Å². The fraction of sp³-hybridized carbons (Fsp3) is 0.500. The molecule has 0 fully saturated rings. The van der Waals surface area contributed by atoms with Gasteiger partial charge in [0.05, 0.1) is 7.11 Å². The average molecular weight is 183 g/mol. The van der Waals surface area contributed by atoms with E-state index in [0.717, 1.165) is 5.56 Å². The number of nitrogens with zero attached hydrogens (tertiary/aromatic N) is 2. The Morgan fingerprint density at radius 3 is 3.00 bits per heavy atom. The van der Waals surface area contributed by atoms with Crippen molar-refractivity contribution in [2.75, 3.05) is 13.7 Å². The molecule has 0 spiro atoms. The Balaban J connectivity index is 2.96. The molecule has 0 bridgehead atoms. The Morgan fingerprint density at radius 1 is 1.77 bits per heavy atom. The molecule has 5 nitrogen and oxygen atoms in total. The number of hydrogen-bond acceptors (Lipinski definition) is 4. The molecule has 0 aliphatic rings. The molecule has 1 rings (SSSR count). The number of hydrogen-bond donors (Lipinski definition) is 1. The number of nitrogens with two attached hydrogens (primary N) is 1. The topological polar surface area (TPSA) is 70.1 Å². The zero-order chi connectivity index (χ0) is 9.84. The number of carbonyl (C=O) groups excluding carboxylic acids is 1. The second kappa shape index (κ2) is 4.04. The van der Waals surface area contributed by atoms with Crippen LogP contribution in [0.5, 0.6) is 0 Å². The van der Waals surface area contributed by atoms with Crippen LogP contribution in [0.1, 0.15) is 16.1 Å². The summed E-state index contributed by atoms with van der Waals surface area (Å²) >= 11 is 0. The summed E-state index contributed by atoms with van der Waals surface area (Å²) in [4.78, 5) is 11.2. The summed E-state index contributed by atoms with van der Waals surface area (Å²) in [5, 5.41) is 3.99. The Hall–Kier alpha value is -1.36. The zero-order valence-electron chi connectivity index (χ0n) is 7.78. The largest absolute Gasteiger partial charge is 0.464 e. The van der Waals surface area contributed by atoms with E-state index in [4.69, 9.17) is 5.73 Å². The predicted octanol–water partition coefficient (Wildman–Crippen LogP) is -0.292. The summed E-state index contributed by atoms with van der Waals surface area (Å²) in [6.07, 6.45) is 2.41. The van der Waals surface area contributed by atoms with Gasteiger partial charge in [-0.3, -0.25) is 4.68 Å². The van der Waals surface area contributed by atoms with Gasteiger partial charge in [0.2, 0.25) is 0 Å². The van der Waals surface area contributed by atoms with Crippen LogP contribution in [0.15, 0.2) is 6.20 Å². The molecular weight excluding hydrogens is 170 g/mol. The van der Waals surface area contributed by atoms with Crippen LogP contribution >= 0.6 is 0 Å². The van der Waals surface area contributed by atoms with Crippen molar-refractivity contribution in [2.45, 2.75) is 6.42 Å². The molecule has 0 saturated carbocycles. The van der Waals surface area contributed by atoms with Crippen molar-refractivity contribution < 1.29 is 9.53 Å². The van der Waals surface area contributed by atoms with Crippen molar-refractivity contribution in [2.24, 2.45) is 12.8 Å². The van der Waals surface area contributed by atoms with Crippen LogP contribution in [0.4, 0.5) is 0 Å². The first kappa shape index (κ1) is 9.73. The van der Waals surface area contributed by atoms with Crippen molar-refractivity contribution in [1.82, 2.24) is 9.78 Å². The van der Waals surface area contributed by atoms with Crippen molar-refractivity contribution in [3.8, 4) is 0 Å².